The van der Waals surface area contributed by atoms with E-state index >= 15 is 0 Å². The van der Waals surface area contributed by atoms with Gasteiger partial charge >= 0.3 is 12.0 Å². The molecule has 0 amide bonds. The predicted molar refractivity (Wildman–Crippen MR) is 124 cm³/mol. The number of nitrogens with zero attached hydrogens (tertiary/aromatic N) is 2. The van der Waals surface area contributed by atoms with Gasteiger partial charge in [0.1, 0.15) is 6.10 Å². The van der Waals surface area contributed by atoms with Crippen molar-refractivity contribution in [1.82, 2.24) is 9.55 Å². The van der Waals surface area contributed by atoms with E-state index in [1.54, 1.807) is 16.8 Å². The van der Waals surface area contributed by atoms with Crippen LogP contribution in [0, 0.1) is 5.41 Å². The minimum atomic E-state index is -0.689. The number of carbonyl (C=O) groups excluding carboxylic acids is 1. The lowest BCUT2D eigenvalue weighted by Gasteiger charge is -2.20. The second-order valence-electron chi connectivity index (χ2n) is 9.28. The van der Waals surface area contributed by atoms with Gasteiger partial charge in [0.2, 0.25) is 0 Å². The summed E-state index contributed by atoms with van der Waals surface area (Å²) in [6.45, 7) is 2.00. The first-order valence-corrected chi connectivity index (χ1v) is 12.9. The van der Waals surface area contributed by atoms with Gasteiger partial charge < -0.3 is 19.3 Å². The molecule has 0 radical (unpaired) electrons. The summed E-state index contributed by atoms with van der Waals surface area (Å²) in [6.07, 6.45) is 16.0. The molecule has 2 N–H and O–H groups in total. The molecule has 186 valence electrons. The van der Waals surface area contributed by atoms with Crippen molar-refractivity contribution < 1.29 is 24.1 Å². The van der Waals surface area contributed by atoms with Crippen LogP contribution >= 0.6 is 0 Å². The van der Waals surface area contributed by atoms with Crippen LogP contribution in [-0.2, 0) is 14.3 Å². The van der Waals surface area contributed by atoms with Crippen molar-refractivity contribution in [2.45, 2.75) is 121 Å². The SMILES string of the molecule is CCCCCCCCCCCCCCCC(=O)O[C@H]1[C@@H]2Oc3nc(=N)ccn3[C@@H]2O[C@@H]1CO. The molecule has 33 heavy (non-hydrogen) atoms. The Hall–Kier alpha value is -1.93. The molecule has 0 spiro atoms. The number of ether oxygens (including phenoxy) is 3. The third kappa shape index (κ3) is 7.54. The van der Waals surface area contributed by atoms with E-state index in [4.69, 9.17) is 19.6 Å². The fourth-order valence-electron chi connectivity index (χ4n) is 4.66. The summed E-state index contributed by atoms with van der Waals surface area (Å²) in [5.74, 6) is -0.288. The van der Waals surface area contributed by atoms with Crippen LogP contribution in [0.5, 0.6) is 6.01 Å². The second-order valence-corrected chi connectivity index (χ2v) is 9.28. The highest BCUT2D eigenvalue weighted by Crippen LogP contribution is 2.40. The molecule has 0 saturated carbocycles. The van der Waals surface area contributed by atoms with Gasteiger partial charge in [0.25, 0.3) is 0 Å². The topological polar surface area (TPSA) is 107 Å². The number of aliphatic hydroxyl groups excluding tert-OH is 1. The number of hydrogen-bond donors (Lipinski definition) is 2. The summed E-state index contributed by atoms with van der Waals surface area (Å²) in [4.78, 5) is 16.5. The van der Waals surface area contributed by atoms with Gasteiger partial charge in [-0.1, -0.05) is 84.0 Å². The smallest absolute Gasteiger partial charge is 0.306 e. The summed E-state index contributed by atoms with van der Waals surface area (Å²) in [5, 5.41) is 17.3. The molecule has 0 bridgehead atoms. The van der Waals surface area contributed by atoms with Gasteiger partial charge in [0.05, 0.1) is 6.61 Å². The van der Waals surface area contributed by atoms with Crippen molar-refractivity contribution in [3.63, 3.8) is 0 Å². The first kappa shape index (κ1) is 25.7. The molecule has 0 aliphatic carbocycles. The van der Waals surface area contributed by atoms with Crippen molar-refractivity contribution >= 4 is 5.97 Å². The Kier molecular flexibility index (Phi) is 10.7. The number of esters is 1. The fraction of sp³-hybridized carbons (Fsp3) is 0.800. The highest BCUT2D eigenvalue weighted by Gasteiger charge is 2.53. The molecular weight excluding hydrogens is 422 g/mol. The van der Waals surface area contributed by atoms with Crippen LogP contribution in [0.1, 0.15) is 103 Å². The first-order chi connectivity index (χ1) is 16.1. The van der Waals surface area contributed by atoms with Gasteiger partial charge in [-0.3, -0.25) is 14.8 Å². The van der Waals surface area contributed by atoms with Crippen LogP contribution in [-0.4, -0.2) is 45.5 Å². The number of carbonyl (C=O) groups is 1. The van der Waals surface area contributed by atoms with Crippen LogP contribution in [0.2, 0.25) is 0 Å². The van der Waals surface area contributed by atoms with Crippen LogP contribution in [0.3, 0.4) is 0 Å². The average molecular weight is 464 g/mol. The van der Waals surface area contributed by atoms with Gasteiger partial charge in [-0.15, -0.1) is 0 Å². The molecule has 8 nitrogen and oxygen atoms in total. The van der Waals surface area contributed by atoms with Crippen molar-refractivity contribution in [3.05, 3.63) is 17.8 Å². The molecular formula is C25H41N3O5. The number of aliphatic hydroxyl groups is 1. The van der Waals surface area contributed by atoms with E-state index < -0.39 is 24.5 Å². The molecule has 3 heterocycles. The fourth-order valence-corrected chi connectivity index (χ4v) is 4.66. The summed E-state index contributed by atoms with van der Waals surface area (Å²) >= 11 is 0. The zero-order valence-electron chi connectivity index (χ0n) is 20.0. The summed E-state index contributed by atoms with van der Waals surface area (Å²) in [5.41, 5.74) is 0.0934. The molecule has 0 unspecified atom stereocenters. The number of aromatic nitrogens is 2. The molecule has 4 atom stereocenters. The summed E-state index contributed by atoms with van der Waals surface area (Å²) in [7, 11) is 0. The number of hydrogen-bond acceptors (Lipinski definition) is 7. The van der Waals surface area contributed by atoms with E-state index in [1.165, 1.54) is 64.2 Å². The highest BCUT2D eigenvalue weighted by molar-refractivity contribution is 5.69. The third-order valence-electron chi connectivity index (χ3n) is 6.56. The maximum atomic E-state index is 12.4. The summed E-state index contributed by atoms with van der Waals surface area (Å²) in [6, 6.07) is 1.81. The van der Waals surface area contributed by atoms with E-state index in [1.807, 2.05) is 0 Å². The Labute approximate surface area is 197 Å². The normalized spacial score (nSPS) is 23.2. The number of rotatable bonds is 16. The molecule has 1 fully saturated rings. The van der Waals surface area contributed by atoms with E-state index in [-0.39, 0.29) is 24.1 Å². The Morgan fingerprint density at radius 1 is 1.06 bits per heavy atom. The monoisotopic (exact) mass is 463 g/mol. The second kappa shape index (κ2) is 13.7. The number of unbranched alkanes of at least 4 members (excludes halogenated alkanes) is 12. The van der Waals surface area contributed by atoms with Crippen LogP contribution in [0.15, 0.2) is 12.3 Å². The third-order valence-corrected chi connectivity index (χ3v) is 6.56. The minimum absolute atomic E-state index is 0.0934. The van der Waals surface area contributed by atoms with Gasteiger partial charge in [-0.2, -0.15) is 4.98 Å². The van der Waals surface area contributed by atoms with Gasteiger partial charge in [-0.25, -0.2) is 0 Å². The zero-order valence-corrected chi connectivity index (χ0v) is 20.0. The van der Waals surface area contributed by atoms with Gasteiger partial charge in [0.15, 0.2) is 23.9 Å². The molecule has 2 aliphatic rings. The standard InChI is InChI=1S/C25H41N3O5/c1-2-3-4-5-6-7-8-9-10-11-12-13-14-15-21(30)32-22-19(18-29)31-24-23(22)33-25-27-20(26)16-17-28(24)25/h16-17,19,22-24,26,29H,2-15,18H2,1H3/t19-,22-,23+,24-/m1/s1. The average Bonchev–Trinajstić information content (AvgIpc) is 3.32. The number of fused-ring (bicyclic) bond motifs is 3. The lowest BCUT2D eigenvalue weighted by atomic mass is 10.0. The number of nitrogens with one attached hydrogen (secondary N) is 1. The lowest BCUT2D eigenvalue weighted by Crippen LogP contribution is -2.39. The first-order valence-electron chi connectivity index (χ1n) is 12.9. The molecule has 2 aliphatic heterocycles. The maximum absolute atomic E-state index is 12.4. The highest BCUT2D eigenvalue weighted by atomic mass is 16.7. The van der Waals surface area contributed by atoms with Crippen molar-refractivity contribution in [3.8, 4) is 6.01 Å². The van der Waals surface area contributed by atoms with Crippen molar-refractivity contribution in [1.29, 1.82) is 5.41 Å². The Bertz CT molecular complexity index is 784. The molecule has 1 saturated heterocycles. The molecule has 3 rings (SSSR count). The quantitative estimate of drug-likeness (QED) is 0.278. The molecule has 1 aromatic heterocycles. The van der Waals surface area contributed by atoms with Gasteiger partial charge in [-0.05, 0) is 12.5 Å². The predicted octanol–water partition coefficient (Wildman–Crippen LogP) is 4.41. The lowest BCUT2D eigenvalue weighted by molar-refractivity contribution is -0.156. The van der Waals surface area contributed by atoms with Gasteiger partial charge in [0, 0.05) is 12.6 Å². The van der Waals surface area contributed by atoms with Crippen molar-refractivity contribution in [2.24, 2.45) is 0 Å². The zero-order chi connectivity index (χ0) is 23.5. The van der Waals surface area contributed by atoms with Crippen molar-refractivity contribution in [2.75, 3.05) is 6.61 Å². The van der Waals surface area contributed by atoms with E-state index in [0.29, 0.717) is 6.42 Å². The van der Waals surface area contributed by atoms with Crippen LogP contribution in [0.25, 0.3) is 0 Å². The molecule has 1 aromatic rings. The molecule has 8 heteroatoms. The van der Waals surface area contributed by atoms with Crippen LogP contribution < -0.4 is 10.2 Å². The largest absolute Gasteiger partial charge is 0.455 e. The van der Waals surface area contributed by atoms with Crippen LogP contribution in [0.4, 0.5) is 0 Å². The Morgan fingerprint density at radius 2 is 1.67 bits per heavy atom. The Morgan fingerprint density at radius 3 is 2.27 bits per heavy atom. The van der Waals surface area contributed by atoms with E-state index in [2.05, 4.69) is 11.9 Å². The minimum Gasteiger partial charge on any atom is -0.455 e. The summed E-state index contributed by atoms with van der Waals surface area (Å²) < 4.78 is 19.0. The Balaban J connectivity index is 1.26. The molecule has 0 aromatic carbocycles. The van der Waals surface area contributed by atoms with E-state index in [0.717, 1.165) is 19.3 Å². The van der Waals surface area contributed by atoms with E-state index in [9.17, 15) is 9.90 Å². The maximum Gasteiger partial charge on any atom is 0.306 e.